The second kappa shape index (κ2) is 3.62. The van der Waals surface area contributed by atoms with E-state index in [1.807, 2.05) is 25.1 Å². The highest BCUT2D eigenvalue weighted by atomic mass is 32.1. The molecule has 2 rings (SSSR count). The van der Waals surface area contributed by atoms with Crippen molar-refractivity contribution in [2.45, 2.75) is 6.92 Å². The van der Waals surface area contributed by atoms with Crippen LogP contribution in [0.5, 0.6) is 0 Å². The van der Waals surface area contributed by atoms with Crippen molar-refractivity contribution in [1.29, 1.82) is 0 Å². The van der Waals surface area contributed by atoms with Gasteiger partial charge in [0.1, 0.15) is 5.69 Å². The largest absolute Gasteiger partial charge is 0.343 e. The number of carbonyl (C=O) groups is 1. The van der Waals surface area contributed by atoms with Crippen molar-refractivity contribution in [1.82, 2.24) is 9.27 Å². The molecule has 0 N–H and O–H groups in total. The van der Waals surface area contributed by atoms with E-state index in [1.165, 1.54) is 11.5 Å². The number of amides is 1. The average Bonchev–Trinajstić information content (AvgIpc) is 2.59. The van der Waals surface area contributed by atoms with E-state index >= 15 is 0 Å². The quantitative estimate of drug-likeness (QED) is 0.739. The summed E-state index contributed by atoms with van der Waals surface area (Å²) in [4.78, 5) is 13.4. The molecule has 0 atom stereocenters. The number of rotatable bonds is 1. The van der Waals surface area contributed by atoms with E-state index in [0.717, 1.165) is 15.6 Å². The molecule has 0 saturated carbocycles. The summed E-state index contributed by atoms with van der Waals surface area (Å²) in [6.45, 7) is 2.01. The lowest BCUT2D eigenvalue weighted by Crippen LogP contribution is -2.22. The molecule has 1 heterocycles. The van der Waals surface area contributed by atoms with Crippen LogP contribution in [0.4, 0.5) is 0 Å². The zero-order valence-electron chi connectivity index (χ0n) is 8.94. The number of carbonyl (C=O) groups excluding carboxylic acids is 1. The highest BCUT2D eigenvalue weighted by Crippen LogP contribution is 2.24. The molecule has 78 valence electrons. The van der Waals surface area contributed by atoms with Gasteiger partial charge in [0.15, 0.2) is 0 Å². The number of aromatic nitrogens is 1. The summed E-state index contributed by atoms with van der Waals surface area (Å²) in [7, 11) is 3.48. The molecule has 0 bridgehead atoms. The molecule has 0 radical (unpaired) electrons. The first-order chi connectivity index (χ1) is 7.09. The Bertz CT molecular complexity index is 516. The predicted molar refractivity (Wildman–Crippen MR) is 62.4 cm³/mol. The fraction of sp³-hybridized carbons (Fsp3) is 0.273. The maximum atomic E-state index is 11.8. The summed E-state index contributed by atoms with van der Waals surface area (Å²) in [5, 5.41) is 0.957. The molecule has 0 saturated heterocycles. The lowest BCUT2D eigenvalue weighted by molar-refractivity contribution is 0.0825. The Morgan fingerprint density at radius 3 is 2.80 bits per heavy atom. The molecular formula is C11H12N2OS. The van der Waals surface area contributed by atoms with Crippen LogP contribution in [-0.4, -0.2) is 29.3 Å². The second-order valence-corrected chi connectivity index (χ2v) is 4.54. The molecule has 0 aliphatic carbocycles. The monoisotopic (exact) mass is 220 g/mol. The molecule has 0 unspecified atom stereocenters. The maximum Gasteiger partial charge on any atom is 0.273 e. The standard InChI is InChI=1S/C11H12N2OS/c1-7-4-5-9-8(6-7)10(12-15-9)11(14)13(2)3/h4-6H,1-3H3. The Kier molecular flexibility index (Phi) is 2.44. The summed E-state index contributed by atoms with van der Waals surface area (Å²) in [5.41, 5.74) is 1.71. The van der Waals surface area contributed by atoms with Gasteiger partial charge in [-0.05, 0) is 30.6 Å². The number of fused-ring (bicyclic) bond motifs is 1. The predicted octanol–water partition coefficient (Wildman–Crippen LogP) is 2.31. The Morgan fingerprint density at radius 1 is 1.40 bits per heavy atom. The van der Waals surface area contributed by atoms with Crippen LogP contribution in [0.25, 0.3) is 10.1 Å². The molecule has 1 aromatic carbocycles. The van der Waals surface area contributed by atoms with Crippen LogP contribution in [-0.2, 0) is 0 Å². The lowest BCUT2D eigenvalue weighted by Gasteiger charge is -2.07. The maximum absolute atomic E-state index is 11.8. The summed E-state index contributed by atoms with van der Waals surface area (Å²) < 4.78 is 5.27. The first-order valence-corrected chi connectivity index (χ1v) is 5.44. The minimum atomic E-state index is -0.0353. The number of nitrogens with zero attached hydrogens (tertiary/aromatic N) is 2. The van der Waals surface area contributed by atoms with Crippen molar-refractivity contribution < 1.29 is 4.79 Å². The number of hydrogen-bond donors (Lipinski definition) is 0. The molecular weight excluding hydrogens is 208 g/mol. The zero-order valence-corrected chi connectivity index (χ0v) is 9.76. The Hall–Kier alpha value is -1.42. The SMILES string of the molecule is Cc1ccc2snc(C(=O)N(C)C)c2c1. The molecule has 0 spiro atoms. The van der Waals surface area contributed by atoms with Crippen molar-refractivity contribution in [2.24, 2.45) is 0 Å². The molecule has 15 heavy (non-hydrogen) atoms. The number of aryl methyl sites for hydroxylation is 1. The van der Waals surface area contributed by atoms with E-state index in [0.29, 0.717) is 5.69 Å². The van der Waals surface area contributed by atoms with Gasteiger partial charge in [0.05, 0.1) is 4.70 Å². The highest BCUT2D eigenvalue weighted by molar-refractivity contribution is 7.13. The van der Waals surface area contributed by atoms with Crippen LogP contribution in [0, 0.1) is 6.92 Å². The minimum absolute atomic E-state index is 0.0353. The van der Waals surface area contributed by atoms with E-state index < -0.39 is 0 Å². The summed E-state index contributed by atoms with van der Waals surface area (Å²) in [6.07, 6.45) is 0. The van der Waals surface area contributed by atoms with Crippen LogP contribution < -0.4 is 0 Å². The first-order valence-electron chi connectivity index (χ1n) is 4.67. The minimum Gasteiger partial charge on any atom is -0.343 e. The van der Waals surface area contributed by atoms with Crippen LogP contribution >= 0.6 is 11.5 Å². The van der Waals surface area contributed by atoms with Gasteiger partial charge in [-0.25, -0.2) is 0 Å². The summed E-state index contributed by atoms with van der Waals surface area (Å²) >= 11 is 1.37. The third kappa shape index (κ3) is 1.72. The van der Waals surface area contributed by atoms with Crippen molar-refractivity contribution in [3.05, 3.63) is 29.5 Å². The molecule has 3 nitrogen and oxygen atoms in total. The number of hydrogen-bond acceptors (Lipinski definition) is 3. The van der Waals surface area contributed by atoms with E-state index in [1.54, 1.807) is 19.0 Å². The molecule has 2 aromatic rings. The van der Waals surface area contributed by atoms with Crippen LogP contribution in [0.3, 0.4) is 0 Å². The number of benzene rings is 1. The molecule has 0 aliphatic rings. The van der Waals surface area contributed by atoms with Gasteiger partial charge in [0.2, 0.25) is 0 Å². The summed E-state index contributed by atoms with van der Waals surface area (Å²) in [6, 6.07) is 6.05. The molecule has 1 amide bonds. The Labute approximate surface area is 92.5 Å². The topological polar surface area (TPSA) is 33.2 Å². The highest BCUT2D eigenvalue weighted by Gasteiger charge is 2.15. The van der Waals surface area contributed by atoms with Crippen LogP contribution in [0.2, 0.25) is 0 Å². The van der Waals surface area contributed by atoms with Gasteiger partial charge in [-0.1, -0.05) is 11.6 Å². The zero-order chi connectivity index (χ0) is 11.0. The lowest BCUT2D eigenvalue weighted by atomic mass is 10.1. The van der Waals surface area contributed by atoms with Gasteiger partial charge in [-0.3, -0.25) is 4.79 Å². The van der Waals surface area contributed by atoms with Gasteiger partial charge < -0.3 is 4.90 Å². The van der Waals surface area contributed by atoms with E-state index in [-0.39, 0.29) is 5.91 Å². The van der Waals surface area contributed by atoms with Crippen molar-refractivity contribution in [3.63, 3.8) is 0 Å². The van der Waals surface area contributed by atoms with Crippen LogP contribution in [0.1, 0.15) is 16.1 Å². The van der Waals surface area contributed by atoms with E-state index in [9.17, 15) is 4.79 Å². The first kappa shape index (κ1) is 10.1. The van der Waals surface area contributed by atoms with E-state index in [2.05, 4.69) is 4.37 Å². The normalized spacial score (nSPS) is 10.6. The molecule has 4 heteroatoms. The third-order valence-electron chi connectivity index (χ3n) is 2.23. The fourth-order valence-electron chi connectivity index (χ4n) is 1.42. The van der Waals surface area contributed by atoms with Gasteiger partial charge in [-0.2, -0.15) is 4.37 Å². The van der Waals surface area contributed by atoms with Crippen molar-refractivity contribution in [3.8, 4) is 0 Å². The van der Waals surface area contributed by atoms with Gasteiger partial charge >= 0.3 is 0 Å². The second-order valence-electron chi connectivity index (χ2n) is 3.73. The van der Waals surface area contributed by atoms with Crippen molar-refractivity contribution >= 4 is 27.5 Å². The summed E-state index contributed by atoms with van der Waals surface area (Å²) in [5.74, 6) is -0.0353. The average molecular weight is 220 g/mol. The van der Waals surface area contributed by atoms with Gasteiger partial charge in [0, 0.05) is 19.5 Å². The third-order valence-corrected chi connectivity index (χ3v) is 3.06. The van der Waals surface area contributed by atoms with Crippen LogP contribution in [0.15, 0.2) is 18.2 Å². The van der Waals surface area contributed by atoms with Crippen molar-refractivity contribution in [2.75, 3.05) is 14.1 Å². The smallest absolute Gasteiger partial charge is 0.273 e. The molecule has 1 aromatic heterocycles. The molecule has 0 aliphatic heterocycles. The van der Waals surface area contributed by atoms with Gasteiger partial charge in [0.25, 0.3) is 5.91 Å². The van der Waals surface area contributed by atoms with Gasteiger partial charge in [-0.15, -0.1) is 0 Å². The molecule has 0 fully saturated rings. The van der Waals surface area contributed by atoms with E-state index in [4.69, 9.17) is 0 Å². The Morgan fingerprint density at radius 2 is 2.13 bits per heavy atom. The fourth-order valence-corrected chi connectivity index (χ4v) is 2.17. The Balaban J connectivity index is 2.62.